The fraction of sp³-hybridized carbons (Fsp3) is 0.625. The van der Waals surface area contributed by atoms with Crippen molar-refractivity contribution in [3.63, 3.8) is 0 Å². The van der Waals surface area contributed by atoms with Crippen molar-refractivity contribution in [2.45, 2.75) is 52.6 Å². The van der Waals surface area contributed by atoms with Gasteiger partial charge in [-0.05, 0) is 63.8 Å². The van der Waals surface area contributed by atoms with Gasteiger partial charge in [0, 0.05) is 30.9 Å². The number of nitrogens with zero attached hydrogens (tertiary/aromatic N) is 1. The van der Waals surface area contributed by atoms with Gasteiger partial charge >= 0.3 is 0 Å². The number of piperidine rings is 1. The van der Waals surface area contributed by atoms with Gasteiger partial charge in [-0.25, -0.2) is 0 Å². The summed E-state index contributed by atoms with van der Waals surface area (Å²) in [7, 11) is 0. The molecule has 1 aliphatic heterocycles. The molecule has 1 aliphatic rings. The third-order valence-corrected chi connectivity index (χ3v) is 4.14. The van der Waals surface area contributed by atoms with E-state index in [0.29, 0.717) is 12.1 Å². The van der Waals surface area contributed by atoms with Gasteiger partial charge in [0.2, 0.25) is 0 Å². The predicted octanol–water partition coefficient (Wildman–Crippen LogP) is 3.59. The van der Waals surface area contributed by atoms with Crippen molar-refractivity contribution in [2.24, 2.45) is 0 Å². The Morgan fingerprint density at radius 1 is 1.11 bits per heavy atom. The van der Waals surface area contributed by atoms with Crippen LogP contribution in [-0.4, -0.2) is 30.1 Å². The number of likely N-dealkylation sites (tertiary alicyclic amines) is 1. The maximum absolute atomic E-state index is 3.68. The fourth-order valence-electron chi connectivity index (χ4n) is 2.63. The van der Waals surface area contributed by atoms with Crippen LogP contribution in [0.5, 0.6) is 0 Å². The van der Waals surface area contributed by atoms with Crippen LogP contribution in [0.25, 0.3) is 0 Å². The molecule has 100 valence electrons. The van der Waals surface area contributed by atoms with E-state index in [1.165, 1.54) is 42.7 Å². The van der Waals surface area contributed by atoms with Gasteiger partial charge in [0.1, 0.15) is 0 Å². The Morgan fingerprint density at radius 3 is 2.33 bits per heavy atom. The second kappa shape index (κ2) is 5.75. The van der Waals surface area contributed by atoms with Crippen molar-refractivity contribution in [3.8, 4) is 0 Å². The maximum Gasteiger partial charge on any atom is 0.0345 e. The van der Waals surface area contributed by atoms with E-state index >= 15 is 0 Å². The van der Waals surface area contributed by atoms with Crippen LogP contribution in [0, 0.1) is 13.8 Å². The topological polar surface area (TPSA) is 15.3 Å². The lowest BCUT2D eigenvalue weighted by molar-refractivity contribution is 0.177. The van der Waals surface area contributed by atoms with Crippen LogP contribution in [0.2, 0.25) is 0 Å². The van der Waals surface area contributed by atoms with E-state index in [0.717, 1.165) is 0 Å². The van der Waals surface area contributed by atoms with Gasteiger partial charge in [-0.1, -0.05) is 6.07 Å². The standard InChI is InChI=1S/C16H26N2/c1-12(2)18-9-7-15(8-10-18)17-16-6-5-13(3)14(4)11-16/h5-6,11-12,15,17H,7-10H2,1-4H3. The monoisotopic (exact) mass is 246 g/mol. The van der Waals surface area contributed by atoms with E-state index in [-0.39, 0.29) is 0 Å². The average molecular weight is 246 g/mol. The van der Waals surface area contributed by atoms with Crippen LogP contribution in [0.15, 0.2) is 18.2 Å². The highest BCUT2D eigenvalue weighted by molar-refractivity contribution is 5.48. The molecule has 18 heavy (non-hydrogen) atoms. The number of nitrogens with one attached hydrogen (secondary N) is 1. The van der Waals surface area contributed by atoms with Crippen molar-refractivity contribution in [1.82, 2.24) is 4.90 Å². The molecule has 0 spiro atoms. The third-order valence-electron chi connectivity index (χ3n) is 4.14. The van der Waals surface area contributed by atoms with Crippen LogP contribution in [-0.2, 0) is 0 Å². The summed E-state index contributed by atoms with van der Waals surface area (Å²) in [6.45, 7) is 11.4. The fourth-order valence-corrected chi connectivity index (χ4v) is 2.63. The van der Waals surface area contributed by atoms with Crippen LogP contribution in [0.1, 0.15) is 37.8 Å². The Morgan fingerprint density at radius 2 is 1.78 bits per heavy atom. The SMILES string of the molecule is Cc1ccc(NC2CCN(C(C)C)CC2)cc1C. The molecule has 1 fully saturated rings. The van der Waals surface area contributed by atoms with Gasteiger partial charge in [0.05, 0.1) is 0 Å². The Bertz CT molecular complexity index is 390. The summed E-state index contributed by atoms with van der Waals surface area (Å²) in [4.78, 5) is 2.57. The molecule has 1 aromatic rings. The van der Waals surface area contributed by atoms with Crippen LogP contribution in [0.4, 0.5) is 5.69 Å². The zero-order chi connectivity index (χ0) is 13.1. The molecule has 2 heteroatoms. The first-order valence-electron chi connectivity index (χ1n) is 7.14. The largest absolute Gasteiger partial charge is 0.382 e. The quantitative estimate of drug-likeness (QED) is 0.877. The van der Waals surface area contributed by atoms with Gasteiger partial charge in [0.25, 0.3) is 0 Å². The lowest BCUT2D eigenvalue weighted by Gasteiger charge is -2.35. The minimum absolute atomic E-state index is 0.641. The molecule has 1 aromatic carbocycles. The Kier molecular flexibility index (Phi) is 4.28. The number of benzene rings is 1. The minimum Gasteiger partial charge on any atom is -0.382 e. The van der Waals surface area contributed by atoms with Gasteiger partial charge in [-0.15, -0.1) is 0 Å². The Hall–Kier alpha value is -1.02. The summed E-state index contributed by atoms with van der Waals surface area (Å²) in [6, 6.07) is 8.01. The molecule has 0 atom stereocenters. The molecule has 0 amide bonds. The molecular formula is C16H26N2. The smallest absolute Gasteiger partial charge is 0.0345 e. The zero-order valence-corrected chi connectivity index (χ0v) is 12.2. The van der Waals surface area contributed by atoms with E-state index in [1.54, 1.807) is 0 Å². The summed E-state index contributed by atoms with van der Waals surface area (Å²) in [5.41, 5.74) is 4.02. The normalized spacial score (nSPS) is 18.3. The molecule has 0 radical (unpaired) electrons. The highest BCUT2D eigenvalue weighted by Crippen LogP contribution is 2.20. The highest BCUT2D eigenvalue weighted by atomic mass is 15.2. The first-order chi connectivity index (χ1) is 8.56. The van der Waals surface area contributed by atoms with Gasteiger partial charge in [0.15, 0.2) is 0 Å². The summed E-state index contributed by atoms with van der Waals surface area (Å²) < 4.78 is 0. The molecule has 0 bridgehead atoms. The van der Waals surface area contributed by atoms with Crippen molar-refractivity contribution in [3.05, 3.63) is 29.3 Å². The van der Waals surface area contributed by atoms with E-state index < -0.39 is 0 Å². The third kappa shape index (κ3) is 3.26. The lowest BCUT2D eigenvalue weighted by atomic mass is 10.0. The molecule has 0 unspecified atom stereocenters. The molecule has 2 rings (SSSR count). The summed E-state index contributed by atoms with van der Waals surface area (Å²) in [5, 5.41) is 3.68. The number of rotatable bonds is 3. The Balaban J connectivity index is 1.89. The summed E-state index contributed by atoms with van der Waals surface area (Å²) in [5.74, 6) is 0. The number of anilines is 1. The van der Waals surface area contributed by atoms with Crippen molar-refractivity contribution in [1.29, 1.82) is 0 Å². The van der Waals surface area contributed by atoms with Gasteiger partial charge < -0.3 is 10.2 Å². The van der Waals surface area contributed by atoms with Crippen molar-refractivity contribution in [2.75, 3.05) is 18.4 Å². The molecule has 0 aromatic heterocycles. The minimum atomic E-state index is 0.641. The number of hydrogen-bond acceptors (Lipinski definition) is 2. The lowest BCUT2D eigenvalue weighted by Crippen LogP contribution is -2.42. The van der Waals surface area contributed by atoms with Crippen molar-refractivity contribution < 1.29 is 0 Å². The van der Waals surface area contributed by atoms with E-state index in [9.17, 15) is 0 Å². The van der Waals surface area contributed by atoms with Crippen molar-refractivity contribution >= 4 is 5.69 Å². The predicted molar refractivity (Wildman–Crippen MR) is 79.3 cm³/mol. The molecule has 1 heterocycles. The molecule has 1 N–H and O–H groups in total. The first kappa shape index (κ1) is 13.4. The highest BCUT2D eigenvalue weighted by Gasteiger charge is 2.20. The first-order valence-corrected chi connectivity index (χ1v) is 7.14. The number of hydrogen-bond donors (Lipinski definition) is 1. The summed E-state index contributed by atoms with van der Waals surface area (Å²) >= 11 is 0. The number of aryl methyl sites for hydroxylation is 2. The second-order valence-electron chi connectivity index (χ2n) is 5.85. The zero-order valence-electron chi connectivity index (χ0n) is 12.2. The van der Waals surface area contributed by atoms with E-state index in [4.69, 9.17) is 0 Å². The Labute approximate surface area is 111 Å². The van der Waals surface area contributed by atoms with Crippen LogP contribution < -0.4 is 5.32 Å². The average Bonchev–Trinajstić information content (AvgIpc) is 2.34. The summed E-state index contributed by atoms with van der Waals surface area (Å²) in [6.07, 6.45) is 2.51. The molecular weight excluding hydrogens is 220 g/mol. The van der Waals surface area contributed by atoms with Gasteiger partial charge in [-0.2, -0.15) is 0 Å². The van der Waals surface area contributed by atoms with Crippen LogP contribution in [0.3, 0.4) is 0 Å². The second-order valence-corrected chi connectivity index (χ2v) is 5.85. The van der Waals surface area contributed by atoms with E-state index in [1.807, 2.05) is 0 Å². The molecule has 2 nitrogen and oxygen atoms in total. The molecule has 1 saturated heterocycles. The van der Waals surface area contributed by atoms with E-state index in [2.05, 4.69) is 56.1 Å². The van der Waals surface area contributed by atoms with Crippen LogP contribution >= 0.6 is 0 Å². The molecule has 0 aliphatic carbocycles. The maximum atomic E-state index is 3.68. The molecule has 0 saturated carbocycles. The van der Waals surface area contributed by atoms with Gasteiger partial charge in [-0.3, -0.25) is 0 Å².